The van der Waals surface area contributed by atoms with Crippen LogP contribution in [0.1, 0.15) is 24.8 Å². The Morgan fingerprint density at radius 2 is 2.00 bits per heavy atom. The van der Waals surface area contributed by atoms with Crippen molar-refractivity contribution in [1.29, 1.82) is 0 Å². The van der Waals surface area contributed by atoms with Crippen LogP contribution >= 0.6 is 0 Å². The number of hydrogen-bond donors (Lipinski definition) is 2. The van der Waals surface area contributed by atoms with Gasteiger partial charge in [0.1, 0.15) is 17.3 Å². The van der Waals surface area contributed by atoms with Crippen molar-refractivity contribution in [2.24, 2.45) is 0 Å². The molecule has 0 saturated carbocycles. The summed E-state index contributed by atoms with van der Waals surface area (Å²) in [6.45, 7) is 0.711. The minimum Gasteiger partial charge on any atom is -0.426 e. The number of alkyl halides is 5. The summed E-state index contributed by atoms with van der Waals surface area (Å²) in [5.74, 6) is -5.70. The summed E-state index contributed by atoms with van der Waals surface area (Å²) in [5, 5.41) is 14.4. The Morgan fingerprint density at radius 3 is 2.69 bits per heavy atom. The van der Waals surface area contributed by atoms with E-state index in [1.54, 1.807) is 0 Å². The van der Waals surface area contributed by atoms with Crippen LogP contribution in [0.15, 0.2) is 29.1 Å². The maximum Gasteiger partial charge on any atom is 0.453 e. The highest BCUT2D eigenvalue weighted by atomic mass is 19.4. The van der Waals surface area contributed by atoms with Crippen molar-refractivity contribution < 1.29 is 31.2 Å². The number of nitrogens with two attached hydrogens (primary N) is 1. The van der Waals surface area contributed by atoms with Gasteiger partial charge in [-0.15, -0.1) is 10.2 Å². The van der Waals surface area contributed by atoms with Gasteiger partial charge in [0.15, 0.2) is 16.9 Å². The maximum atomic E-state index is 13.5. The number of nitrogens with one attached hydrogen (secondary N) is 1. The molecule has 1 aliphatic heterocycles. The SMILES string of the molecule is CC1(c2nnco2)C(=O)Nc2nc(-c3nn(CCC(F)(F)C(F)(F)F)c4ncccc34)nc(N)c21. The maximum absolute atomic E-state index is 13.5. The largest absolute Gasteiger partial charge is 0.453 e. The molecule has 1 amide bonds. The first-order valence-electron chi connectivity index (χ1n) is 9.96. The number of nitrogen functional groups attached to an aromatic ring is 1. The van der Waals surface area contributed by atoms with Crippen molar-refractivity contribution in [3.63, 3.8) is 0 Å². The Kier molecular flexibility index (Phi) is 4.75. The second kappa shape index (κ2) is 7.38. The lowest BCUT2D eigenvalue weighted by Gasteiger charge is -2.19. The predicted octanol–water partition coefficient (Wildman–Crippen LogP) is 2.70. The van der Waals surface area contributed by atoms with Gasteiger partial charge < -0.3 is 15.5 Å². The number of halogens is 5. The van der Waals surface area contributed by atoms with Crippen molar-refractivity contribution in [2.75, 3.05) is 11.1 Å². The van der Waals surface area contributed by atoms with E-state index in [1.165, 1.54) is 25.3 Å². The van der Waals surface area contributed by atoms with E-state index in [-0.39, 0.29) is 45.6 Å². The summed E-state index contributed by atoms with van der Waals surface area (Å²) in [6, 6.07) is 3.05. The van der Waals surface area contributed by atoms with Crippen LogP contribution in [0.4, 0.5) is 33.6 Å². The number of carbonyl (C=O) groups is 1. The molecule has 3 N–H and O–H groups in total. The molecule has 11 nitrogen and oxygen atoms in total. The zero-order valence-corrected chi connectivity index (χ0v) is 17.6. The predicted molar refractivity (Wildman–Crippen MR) is 108 cm³/mol. The highest BCUT2D eigenvalue weighted by Gasteiger charge is 2.57. The quantitative estimate of drug-likeness (QED) is 0.398. The first-order chi connectivity index (χ1) is 16.4. The topological polar surface area (TPSA) is 151 Å². The number of aromatic nitrogens is 7. The van der Waals surface area contributed by atoms with Gasteiger partial charge in [-0.2, -0.15) is 27.1 Å². The summed E-state index contributed by atoms with van der Waals surface area (Å²) in [7, 11) is 0. The minimum absolute atomic E-state index is 0.0265. The van der Waals surface area contributed by atoms with E-state index in [0.717, 1.165) is 11.1 Å². The van der Waals surface area contributed by atoms with Crippen LogP contribution < -0.4 is 11.1 Å². The van der Waals surface area contributed by atoms with Gasteiger partial charge >= 0.3 is 12.1 Å². The van der Waals surface area contributed by atoms with Crippen LogP contribution in [0.3, 0.4) is 0 Å². The number of rotatable bonds is 5. The molecule has 0 saturated heterocycles. The molecular weight excluding hydrogens is 481 g/mol. The third-order valence-electron chi connectivity index (χ3n) is 5.68. The van der Waals surface area contributed by atoms with Crippen molar-refractivity contribution >= 4 is 28.6 Å². The average Bonchev–Trinajstić information content (AvgIpc) is 3.50. The zero-order valence-electron chi connectivity index (χ0n) is 17.6. The minimum atomic E-state index is -5.70. The zero-order chi connectivity index (χ0) is 25.2. The molecule has 5 rings (SSSR count). The van der Waals surface area contributed by atoms with Crippen molar-refractivity contribution in [3.05, 3.63) is 36.2 Å². The van der Waals surface area contributed by atoms with E-state index in [4.69, 9.17) is 10.2 Å². The van der Waals surface area contributed by atoms with Crippen LogP contribution in [0.25, 0.3) is 22.6 Å². The third-order valence-corrected chi connectivity index (χ3v) is 5.68. The van der Waals surface area contributed by atoms with Crippen LogP contribution in [0, 0.1) is 0 Å². The fraction of sp³-hybridized carbons (Fsp3) is 0.316. The fourth-order valence-corrected chi connectivity index (χ4v) is 3.83. The molecule has 0 spiro atoms. The van der Waals surface area contributed by atoms with Crippen molar-refractivity contribution in [3.8, 4) is 11.5 Å². The molecule has 1 aliphatic rings. The molecule has 5 heterocycles. The molecule has 0 aromatic carbocycles. The lowest BCUT2D eigenvalue weighted by atomic mass is 9.84. The molecular formula is C19H14F5N9O2. The Hall–Kier alpha value is -4.24. The number of carbonyl (C=O) groups excluding carboxylic acids is 1. The molecule has 1 unspecified atom stereocenters. The standard InChI is InChI=1S/C19H14F5N9O2/c1-17(16-31-27-7-35-16)9-11(25)28-13(29-12(9)30-15(17)34)10-8-3-2-5-26-14(8)33(32-10)6-4-18(20,21)19(22,23)24/h2-3,5,7H,4,6H2,1H3,(H3,25,28,29,30,34). The number of hydrogen-bond acceptors (Lipinski definition) is 9. The highest BCUT2D eigenvalue weighted by molar-refractivity contribution is 6.08. The lowest BCUT2D eigenvalue weighted by molar-refractivity contribution is -0.285. The van der Waals surface area contributed by atoms with Crippen LogP contribution in [0.5, 0.6) is 0 Å². The smallest absolute Gasteiger partial charge is 0.426 e. The normalized spacial score (nSPS) is 18.2. The van der Waals surface area contributed by atoms with Gasteiger partial charge in [0.25, 0.3) is 0 Å². The number of fused-ring (bicyclic) bond motifs is 2. The number of pyridine rings is 1. The summed E-state index contributed by atoms with van der Waals surface area (Å²) >= 11 is 0. The summed E-state index contributed by atoms with van der Waals surface area (Å²) < 4.78 is 70.9. The molecule has 4 aromatic rings. The molecule has 0 aliphatic carbocycles. The number of amides is 1. The fourth-order valence-electron chi connectivity index (χ4n) is 3.83. The molecule has 16 heteroatoms. The Labute approximate surface area is 191 Å². The number of aryl methyl sites for hydroxylation is 1. The van der Waals surface area contributed by atoms with Gasteiger partial charge in [-0.3, -0.25) is 4.79 Å². The van der Waals surface area contributed by atoms with Crippen LogP contribution in [-0.2, 0) is 16.8 Å². The highest BCUT2D eigenvalue weighted by Crippen LogP contribution is 2.44. The van der Waals surface area contributed by atoms with Crippen molar-refractivity contribution in [1.82, 2.24) is 34.9 Å². The molecule has 4 aromatic heterocycles. The molecule has 182 valence electrons. The van der Waals surface area contributed by atoms with E-state index in [9.17, 15) is 26.7 Å². The molecule has 35 heavy (non-hydrogen) atoms. The van der Waals surface area contributed by atoms with Gasteiger partial charge in [0.05, 0.1) is 10.9 Å². The van der Waals surface area contributed by atoms with E-state index >= 15 is 0 Å². The average molecular weight is 495 g/mol. The molecule has 0 bridgehead atoms. The number of nitrogens with zero attached hydrogens (tertiary/aromatic N) is 7. The van der Waals surface area contributed by atoms with E-state index in [2.05, 4.69) is 35.6 Å². The summed E-state index contributed by atoms with van der Waals surface area (Å²) in [5.41, 5.74) is 4.94. The lowest BCUT2D eigenvalue weighted by Crippen LogP contribution is -2.37. The van der Waals surface area contributed by atoms with Gasteiger partial charge in [-0.05, 0) is 19.1 Å². The van der Waals surface area contributed by atoms with Crippen molar-refractivity contribution in [2.45, 2.75) is 37.4 Å². The van der Waals surface area contributed by atoms with Gasteiger partial charge in [0.2, 0.25) is 18.2 Å². The molecule has 0 radical (unpaired) electrons. The van der Waals surface area contributed by atoms with E-state index in [1.807, 2.05) is 0 Å². The number of anilines is 2. The second-order valence-electron chi connectivity index (χ2n) is 7.88. The van der Waals surface area contributed by atoms with Gasteiger partial charge in [0, 0.05) is 19.2 Å². The summed E-state index contributed by atoms with van der Waals surface area (Å²) in [4.78, 5) is 25.3. The summed E-state index contributed by atoms with van der Waals surface area (Å²) in [6.07, 6.45) is -4.87. The molecule has 0 fully saturated rings. The Morgan fingerprint density at radius 1 is 1.23 bits per heavy atom. The first kappa shape index (κ1) is 22.5. The van der Waals surface area contributed by atoms with Gasteiger partial charge in [-0.1, -0.05) is 0 Å². The second-order valence-corrected chi connectivity index (χ2v) is 7.88. The third kappa shape index (κ3) is 3.35. The van der Waals surface area contributed by atoms with E-state index < -0.39 is 36.4 Å². The molecule has 1 atom stereocenters. The van der Waals surface area contributed by atoms with E-state index in [0.29, 0.717) is 0 Å². The van der Waals surface area contributed by atoms with Crippen LogP contribution in [0.2, 0.25) is 0 Å². The van der Waals surface area contributed by atoms with Crippen LogP contribution in [-0.4, -0.2) is 52.9 Å². The Balaban J connectivity index is 1.58. The monoisotopic (exact) mass is 495 g/mol. The first-order valence-corrected chi connectivity index (χ1v) is 9.96. The Bertz CT molecular complexity index is 1450. The van der Waals surface area contributed by atoms with Gasteiger partial charge in [-0.25, -0.2) is 19.6 Å².